The molecule has 9 nitrogen and oxygen atoms in total. The molecule has 2 amide bonds. The van der Waals surface area contributed by atoms with Crippen molar-refractivity contribution in [1.29, 1.82) is 0 Å². The Bertz CT molecular complexity index is 558. The molecule has 0 unspecified atom stereocenters. The molecular formula is C12H19N5O4. The van der Waals surface area contributed by atoms with Gasteiger partial charge in [0.25, 0.3) is 5.91 Å². The van der Waals surface area contributed by atoms with Gasteiger partial charge in [-0.2, -0.15) is 0 Å². The molecule has 0 aliphatic carbocycles. The Hall–Kier alpha value is -2.45. The van der Waals surface area contributed by atoms with Crippen molar-refractivity contribution in [1.82, 2.24) is 25.8 Å². The van der Waals surface area contributed by atoms with Gasteiger partial charge >= 0.3 is 5.97 Å². The molecule has 0 saturated carbocycles. The number of nitrogens with one attached hydrogen (secondary N) is 2. The molecule has 1 heterocycles. The number of esters is 1. The molecule has 0 radical (unpaired) electrons. The molecule has 1 rings (SSSR count). The first-order chi connectivity index (χ1) is 9.60. The minimum absolute atomic E-state index is 0.0530. The van der Waals surface area contributed by atoms with E-state index >= 15 is 0 Å². The predicted octanol–water partition coefficient (Wildman–Crippen LogP) is -0.291. The summed E-state index contributed by atoms with van der Waals surface area (Å²) in [5.74, 6) is -1.49. The van der Waals surface area contributed by atoms with Crippen molar-refractivity contribution >= 4 is 17.8 Å². The van der Waals surface area contributed by atoms with Gasteiger partial charge in [-0.1, -0.05) is 5.21 Å². The number of aromatic nitrogens is 3. The maximum Gasteiger partial charge on any atom is 0.361 e. The summed E-state index contributed by atoms with van der Waals surface area (Å²) in [6, 6.07) is 0. The van der Waals surface area contributed by atoms with Crippen LogP contribution in [-0.2, 0) is 20.9 Å². The lowest BCUT2D eigenvalue weighted by Crippen LogP contribution is -2.42. The molecule has 0 aromatic carbocycles. The SMILES string of the molecule is CC(=O)NNC(=O)Cn1nnc(C(=O)OC(C)(C)C)c1C. The summed E-state index contributed by atoms with van der Waals surface area (Å²) >= 11 is 0. The van der Waals surface area contributed by atoms with Gasteiger partial charge in [0.05, 0.1) is 5.69 Å². The van der Waals surface area contributed by atoms with Gasteiger partial charge in [0.15, 0.2) is 5.69 Å². The fourth-order valence-corrected chi connectivity index (χ4v) is 1.36. The van der Waals surface area contributed by atoms with Crippen LogP contribution in [0.3, 0.4) is 0 Å². The molecular weight excluding hydrogens is 278 g/mol. The summed E-state index contributed by atoms with van der Waals surface area (Å²) in [6.07, 6.45) is 0. The first kappa shape index (κ1) is 16.6. The molecule has 9 heteroatoms. The molecule has 1 aromatic heterocycles. The van der Waals surface area contributed by atoms with Crippen LogP contribution in [0.15, 0.2) is 0 Å². The van der Waals surface area contributed by atoms with Gasteiger partial charge < -0.3 is 4.74 Å². The van der Waals surface area contributed by atoms with Crippen LogP contribution >= 0.6 is 0 Å². The van der Waals surface area contributed by atoms with E-state index in [2.05, 4.69) is 21.2 Å². The Kier molecular flexibility index (Phi) is 5.01. The number of hydrogen-bond acceptors (Lipinski definition) is 6. The van der Waals surface area contributed by atoms with Gasteiger partial charge in [-0.15, -0.1) is 5.10 Å². The normalized spacial score (nSPS) is 10.9. The van der Waals surface area contributed by atoms with Crippen LogP contribution in [0.4, 0.5) is 0 Å². The van der Waals surface area contributed by atoms with Gasteiger partial charge in [-0.25, -0.2) is 9.48 Å². The zero-order valence-electron chi connectivity index (χ0n) is 12.7. The molecule has 0 fully saturated rings. The maximum atomic E-state index is 11.9. The first-order valence-corrected chi connectivity index (χ1v) is 6.29. The largest absolute Gasteiger partial charge is 0.455 e. The highest BCUT2D eigenvalue weighted by atomic mass is 16.6. The van der Waals surface area contributed by atoms with Crippen LogP contribution in [0.2, 0.25) is 0 Å². The highest BCUT2D eigenvalue weighted by molar-refractivity contribution is 5.88. The fourth-order valence-electron chi connectivity index (χ4n) is 1.36. The van der Waals surface area contributed by atoms with Gasteiger partial charge in [0.1, 0.15) is 12.1 Å². The Balaban J connectivity index is 2.73. The van der Waals surface area contributed by atoms with Gasteiger partial charge in [-0.3, -0.25) is 20.4 Å². The third-order valence-electron chi connectivity index (χ3n) is 2.25. The zero-order valence-corrected chi connectivity index (χ0v) is 12.7. The third kappa shape index (κ3) is 5.21. The van der Waals surface area contributed by atoms with Crippen molar-refractivity contribution < 1.29 is 19.1 Å². The number of carbonyl (C=O) groups is 3. The van der Waals surface area contributed by atoms with E-state index in [1.165, 1.54) is 11.6 Å². The fraction of sp³-hybridized carbons (Fsp3) is 0.583. The molecule has 0 atom stereocenters. The van der Waals surface area contributed by atoms with E-state index in [1.54, 1.807) is 27.7 Å². The van der Waals surface area contributed by atoms with E-state index in [4.69, 9.17) is 4.74 Å². The van der Waals surface area contributed by atoms with Crippen LogP contribution in [-0.4, -0.2) is 38.4 Å². The standard InChI is InChI=1S/C12H19N5O4/c1-7-10(11(20)21-12(3,4)5)15-16-17(7)6-9(19)14-13-8(2)18/h6H2,1-5H3,(H,13,18)(H,14,19). The van der Waals surface area contributed by atoms with Crippen molar-refractivity contribution in [3.63, 3.8) is 0 Å². The van der Waals surface area contributed by atoms with E-state index in [0.29, 0.717) is 5.69 Å². The Morgan fingerprint density at radius 2 is 1.86 bits per heavy atom. The Morgan fingerprint density at radius 3 is 2.38 bits per heavy atom. The molecule has 0 bridgehead atoms. The highest BCUT2D eigenvalue weighted by Gasteiger charge is 2.23. The molecule has 116 valence electrons. The number of carbonyl (C=O) groups excluding carboxylic acids is 3. The smallest absolute Gasteiger partial charge is 0.361 e. The molecule has 21 heavy (non-hydrogen) atoms. The van der Waals surface area contributed by atoms with Crippen molar-refractivity contribution in [2.75, 3.05) is 0 Å². The number of amides is 2. The predicted molar refractivity (Wildman–Crippen MR) is 71.9 cm³/mol. The maximum absolute atomic E-state index is 11.9. The second kappa shape index (κ2) is 6.33. The number of nitrogens with zero attached hydrogens (tertiary/aromatic N) is 3. The molecule has 0 aliphatic heterocycles. The minimum Gasteiger partial charge on any atom is -0.455 e. The van der Waals surface area contributed by atoms with Crippen molar-refractivity contribution in [2.45, 2.75) is 46.8 Å². The molecule has 0 aliphatic rings. The lowest BCUT2D eigenvalue weighted by Gasteiger charge is -2.18. The summed E-state index contributed by atoms with van der Waals surface area (Å²) < 4.78 is 6.44. The Morgan fingerprint density at radius 1 is 1.24 bits per heavy atom. The van der Waals surface area contributed by atoms with E-state index in [0.717, 1.165) is 0 Å². The van der Waals surface area contributed by atoms with E-state index in [-0.39, 0.29) is 12.2 Å². The topological polar surface area (TPSA) is 115 Å². The highest BCUT2D eigenvalue weighted by Crippen LogP contribution is 2.12. The molecule has 0 saturated heterocycles. The Labute approximate surface area is 122 Å². The van der Waals surface area contributed by atoms with E-state index < -0.39 is 23.4 Å². The third-order valence-corrected chi connectivity index (χ3v) is 2.25. The summed E-state index contributed by atoms with van der Waals surface area (Å²) in [6.45, 7) is 7.91. The van der Waals surface area contributed by atoms with Gasteiger partial charge in [0, 0.05) is 6.92 Å². The number of rotatable bonds is 3. The van der Waals surface area contributed by atoms with E-state index in [9.17, 15) is 14.4 Å². The molecule has 0 spiro atoms. The first-order valence-electron chi connectivity index (χ1n) is 6.29. The van der Waals surface area contributed by atoms with Crippen molar-refractivity contribution in [2.24, 2.45) is 0 Å². The monoisotopic (exact) mass is 297 g/mol. The summed E-state index contributed by atoms with van der Waals surface area (Å²) in [7, 11) is 0. The van der Waals surface area contributed by atoms with Gasteiger partial charge in [-0.05, 0) is 27.7 Å². The van der Waals surface area contributed by atoms with E-state index in [1.807, 2.05) is 0 Å². The average molecular weight is 297 g/mol. The molecule has 1 aromatic rings. The van der Waals surface area contributed by atoms with Crippen LogP contribution in [0, 0.1) is 6.92 Å². The lowest BCUT2D eigenvalue weighted by molar-refractivity contribution is -0.128. The van der Waals surface area contributed by atoms with Crippen LogP contribution in [0.25, 0.3) is 0 Å². The number of hydrazine groups is 1. The quantitative estimate of drug-likeness (QED) is 0.585. The summed E-state index contributed by atoms with van der Waals surface area (Å²) in [5.41, 5.74) is 4.16. The second-order valence-electron chi connectivity index (χ2n) is 5.41. The number of ether oxygens (including phenoxy) is 1. The average Bonchev–Trinajstić information content (AvgIpc) is 2.66. The summed E-state index contributed by atoms with van der Waals surface area (Å²) in [5, 5.41) is 7.45. The van der Waals surface area contributed by atoms with Crippen LogP contribution < -0.4 is 10.9 Å². The minimum atomic E-state index is -0.643. The van der Waals surface area contributed by atoms with Crippen LogP contribution in [0.1, 0.15) is 43.9 Å². The van der Waals surface area contributed by atoms with Crippen molar-refractivity contribution in [3.8, 4) is 0 Å². The number of hydrogen-bond donors (Lipinski definition) is 2. The zero-order chi connectivity index (χ0) is 16.2. The van der Waals surface area contributed by atoms with Gasteiger partial charge in [0.2, 0.25) is 5.91 Å². The molecule has 2 N–H and O–H groups in total. The summed E-state index contributed by atoms with van der Waals surface area (Å²) in [4.78, 5) is 34.1. The second-order valence-corrected chi connectivity index (χ2v) is 5.41. The van der Waals surface area contributed by atoms with Crippen molar-refractivity contribution in [3.05, 3.63) is 11.4 Å². The lowest BCUT2D eigenvalue weighted by atomic mass is 10.2. The van der Waals surface area contributed by atoms with Crippen LogP contribution in [0.5, 0.6) is 0 Å².